The molecule has 0 amide bonds. The number of benzene rings is 1. The van der Waals surface area contributed by atoms with Gasteiger partial charge in [0.2, 0.25) is 0 Å². The predicted molar refractivity (Wildman–Crippen MR) is 150 cm³/mol. The predicted octanol–water partition coefficient (Wildman–Crippen LogP) is 9.98. The molecule has 3 radical (unpaired) electrons. The molecular weight excluding hydrogens is 383 g/mol. The van der Waals surface area contributed by atoms with Gasteiger partial charge in [0.15, 0.2) is 0 Å². The molecule has 0 N–H and O–H groups in total. The van der Waals surface area contributed by atoms with E-state index in [1.165, 1.54) is 59.1 Å². The lowest BCUT2D eigenvalue weighted by Gasteiger charge is -2.23. The fourth-order valence-corrected chi connectivity index (χ4v) is 3.83. The third-order valence-corrected chi connectivity index (χ3v) is 6.21. The van der Waals surface area contributed by atoms with Crippen LogP contribution in [0.25, 0.3) is 6.08 Å². The van der Waals surface area contributed by atoms with E-state index in [0.29, 0.717) is 0 Å². The summed E-state index contributed by atoms with van der Waals surface area (Å²) >= 11 is 0. The van der Waals surface area contributed by atoms with Gasteiger partial charge in [0, 0.05) is 8.41 Å². The van der Waals surface area contributed by atoms with E-state index in [1.54, 1.807) is 0 Å². The average Bonchev–Trinajstić information content (AvgIpc) is 3.14. The lowest BCUT2D eigenvalue weighted by molar-refractivity contribution is 0.510. The van der Waals surface area contributed by atoms with Crippen molar-refractivity contribution in [2.24, 2.45) is 16.7 Å². The van der Waals surface area contributed by atoms with Crippen molar-refractivity contribution in [2.75, 3.05) is 0 Å². The summed E-state index contributed by atoms with van der Waals surface area (Å²) in [6, 6.07) is 8.43. The van der Waals surface area contributed by atoms with Crippen molar-refractivity contribution >= 4 is 14.5 Å². The van der Waals surface area contributed by atoms with Gasteiger partial charge in [-0.2, -0.15) is 0 Å². The zero-order chi connectivity index (χ0) is 23.1. The molecule has 1 fully saturated rings. The zero-order valence-corrected chi connectivity index (χ0v) is 21.9. The Morgan fingerprint density at radius 2 is 1.28 bits per heavy atom. The Bertz CT molecular complexity index is 784. The lowest BCUT2D eigenvalue weighted by Crippen LogP contribution is -2.09. The van der Waals surface area contributed by atoms with Gasteiger partial charge < -0.3 is 0 Å². The van der Waals surface area contributed by atoms with Crippen molar-refractivity contribution in [3.63, 3.8) is 0 Å². The van der Waals surface area contributed by atoms with Crippen molar-refractivity contribution in [1.82, 2.24) is 0 Å². The van der Waals surface area contributed by atoms with E-state index in [9.17, 15) is 0 Å². The summed E-state index contributed by atoms with van der Waals surface area (Å²) in [5.41, 5.74) is 8.13. The number of hydrogen-bond donors (Lipinski definition) is 0. The standard InChI is InChI=1S/C16H22.C14H24.CH4.B/c1-12-9-7-8-10-15(12)11-13(2)14(3)16(4,5)6;1-11(12(2)14(3,4)5)10-13-8-6-7-9-13;;/h7-11H,3H2,1-2,4-6H3;10,13H,2,6-9H2,1,3-5H3;1H4;/b13-11+;11-10+;;. The van der Waals surface area contributed by atoms with Gasteiger partial charge in [0.1, 0.15) is 0 Å². The summed E-state index contributed by atoms with van der Waals surface area (Å²) in [5, 5.41) is 0. The van der Waals surface area contributed by atoms with E-state index in [4.69, 9.17) is 0 Å². The Balaban J connectivity index is 0. The minimum atomic E-state index is 0. The van der Waals surface area contributed by atoms with Gasteiger partial charge >= 0.3 is 0 Å². The van der Waals surface area contributed by atoms with Crippen LogP contribution in [0.3, 0.4) is 0 Å². The highest BCUT2D eigenvalue weighted by Gasteiger charge is 2.18. The van der Waals surface area contributed by atoms with E-state index in [-0.39, 0.29) is 26.7 Å². The number of rotatable bonds is 4. The van der Waals surface area contributed by atoms with Crippen LogP contribution < -0.4 is 0 Å². The molecule has 1 aliphatic rings. The normalized spacial score (nSPS) is 15.2. The fourth-order valence-electron chi connectivity index (χ4n) is 3.83. The molecule has 0 unspecified atom stereocenters. The number of aryl methyl sites for hydroxylation is 1. The first-order valence-corrected chi connectivity index (χ1v) is 11.6. The van der Waals surface area contributed by atoms with Crippen molar-refractivity contribution in [3.8, 4) is 0 Å². The average molecular weight is 434 g/mol. The van der Waals surface area contributed by atoms with Crippen LogP contribution in [-0.2, 0) is 0 Å². The highest BCUT2D eigenvalue weighted by Crippen LogP contribution is 2.33. The van der Waals surface area contributed by atoms with E-state index in [0.717, 1.165) is 5.92 Å². The summed E-state index contributed by atoms with van der Waals surface area (Å²) < 4.78 is 0. The van der Waals surface area contributed by atoms with Crippen LogP contribution in [0.5, 0.6) is 0 Å². The van der Waals surface area contributed by atoms with Gasteiger partial charge in [-0.25, -0.2) is 0 Å². The molecule has 1 aromatic rings. The Morgan fingerprint density at radius 1 is 0.844 bits per heavy atom. The molecule has 0 atom stereocenters. The molecule has 0 saturated heterocycles. The van der Waals surface area contributed by atoms with E-state index in [2.05, 4.69) is 112 Å². The molecular formula is C31H50B. The maximum Gasteiger partial charge on any atom is 0 e. The highest BCUT2D eigenvalue weighted by molar-refractivity contribution is 5.75. The first kappa shape index (κ1) is 32.4. The van der Waals surface area contributed by atoms with Crippen molar-refractivity contribution < 1.29 is 0 Å². The molecule has 177 valence electrons. The summed E-state index contributed by atoms with van der Waals surface area (Å²) in [6.45, 7) is 28.2. The highest BCUT2D eigenvalue weighted by atomic mass is 14.2. The molecule has 1 aromatic carbocycles. The third-order valence-electron chi connectivity index (χ3n) is 6.21. The van der Waals surface area contributed by atoms with E-state index in [1.807, 2.05) is 0 Å². The van der Waals surface area contributed by atoms with Crippen LogP contribution >= 0.6 is 0 Å². The first-order valence-electron chi connectivity index (χ1n) is 11.6. The Hall–Kier alpha value is -1.76. The second-order valence-electron chi connectivity index (χ2n) is 11.0. The summed E-state index contributed by atoms with van der Waals surface area (Å²) in [7, 11) is 0. The number of hydrogen-bond acceptors (Lipinski definition) is 0. The van der Waals surface area contributed by atoms with Crippen molar-refractivity contribution in [1.29, 1.82) is 0 Å². The maximum atomic E-state index is 4.20. The number of allylic oxidation sites excluding steroid dienone is 5. The molecule has 0 aromatic heterocycles. The molecule has 0 spiro atoms. The molecule has 2 rings (SSSR count). The Morgan fingerprint density at radius 3 is 1.72 bits per heavy atom. The van der Waals surface area contributed by atoms with Crippen LogP contribution in [0, 0.1) is 23.7 Å². The zero-order valence-electron chi connectivity index (χ0n) is 21.9. The Kier molecular flexibility index (Phi) is 13.9. The molecule has 0 heterocycles. The molecule has 32 heavy (non-hydrogen) atoms. The minimum Gasteiger partial charge on any atom is -0.0950 e. The van der Waals surface area contributed by atoms with Gasteiger partial charge in [-0.3, -0.25) is 0 Å². The largest absolute Gasteiger partial charge is 0.0950 e. The minimum absolute atomic E-state index is 0. The van der Waals surface area contributed by atoms with E-state index < -0.39 is 0 Å². The fraction of sp³-hybridized carbons (Fsp3) is 0.548. The monoisotopic (exact) mass is 433 g/mol. The topological polar surface area (TPSA) is 0 Å². The molecule has 1 saturated carbocycles. The second kappa shape index (κ2) is 13.7. The van der Waals surface area contributed by atoms with Gasteiger partial charge in [0.25, 0.3) is 0 Å². The molecule has 0 aliphatic heterocycles. The first-order chi connectivity index (χ1) is 13.7. The van der Waals surface area contributed by atoms with Crippen LogP contribution in [-0.4, -0.2) is 8.41 Å². The van der Waals surface area contributed by atoms with Crippen LogP contribution in [0.4, 0.5) is 0 Å². The Labute approximate surface area is 203 Å². The SMILES string of the molecule is C.C=C(/C(C)=C/C1CCCC1)C(C)(C)C.C=C(/C(C)=C/c1ccccc1C)C(C)(C)C.[B]. The van der Waals surface area contributed by atoms with Crippen LogP contribution in [0.1, 0.15) is 99.6 Å². The lowest BCUT2D eigenvalue weighted by atomic mass is 9.82. The van der Waals surface area contributed by atoms with Crippen LogP contribution in [0.15, 0.2) is 65.8 Å². The quantitative estimate of drug-likeness (QED) is 0.327. The molecule has 1 heteroatoms. The molecule has 1 aliphatic carbocycles. The van der Waals surface area contributed by atoms with Crippen molar-refractivity contribution in [2.45, 2.75) is 95.4 Å². The second-order valence-corrected chi connectivity index (χ2v) is 11.0. The van der Waals surface area contributed by atoms with Crippen molar-refractivity contribution in [3.05, 3.63) is 76.9 Å². The summed E-state index contributed by atoms with van der Waals surface area (Å²) in [5.74, 6) is 0.828. The summed E-state index contributed by atoms with van der Waals surface area (Å²) in [6.07, 6.45) is 10.3. The smallest absolute Gasteiger partial charge is 0 e. The molecule has 0 bridgehead atoms. The maximum absolute atomic E-state index is 4.20. The molecule has 0 nitrogen and oxygen atoms in total. The summed E-state index contributed by atoms with van der Waals surface area (Å²) in [4.78, 5) is 0. The van der Waals surface area contributed by atoms with Gasteiger partial charge in [-0.05, 0) is 78.2 Å². The van der Waals surface area contributed by atoms with Gasteiger partial charge in [-0.15, -0.1) is 0 Å². The van der Waals surface area contributed by atoms with Gasteiger partial charge in [-0.1, -0.05) is 117 Å². The van der Waals surface area contributed by atoms with Gasteiger partial charge in [0.05, 0.1) is 0 Å². The van der Waals surface area contributed by atoms with E-state index >= 15 is 0 Å². The van der Waals surface area contributed by atoms with Crippen LogP contribution in [0.2, 0.25) is 0 Å². The third kappa shape index (κ3) is 10.7.